The summed E-state index contributed by atoms with van der Waals surface area (Å²) in [6.07, 6.45) is -0.311. The van der Waals surface area contributed by atoms with Crippen molar-refractivity contribution in [3.8, 4) is 0 Å². The molecular weight excluding hydrogens is 351 g/mol. The molecule has 1 saturated carbocycles. The molecule has 2 atom stereocenters. The zero-order valence-electron chi connectivity index (χ0n) is 15.9. The molecule has 2 rings (SSSR count). The molecule has 1 aliphatic carbocycles. The molecule has 0 aromatic carbocycles. The van der Waals surface area contributed by atoms with Crippen LogP contribution in [0.2, 0.25) is 0 Å². The molecule has 0 aromatic heterocycles. The Balaban J connectivity index is 2.22. The highest BCUT2D eigenvalue weighted by molar-refractivity contribution is 5.87. The highest BCUT2D eigenvalue weighted by atomic mass is 19.4. The number of nitrogens with zero attached hydrogens (tertiary/aromatic N) is 1. The number of carbonyl (C=O) groups is 2. The minimum Gasteiger partial charge on any atom is -0.458 e. The molecule has 26 heavy (non-hydrogen) atoms. The van der Waals surface area contributed by atoms with Crippen LogP contribution in [0.3, 0.4) is 0 Å². The lowest BCUT2D eigenvalue weighted by Crippen LogP contribution is -2.69. The third-order valence-electron chi connectivity index (χ3n) is 5.81. The van der Waals surface area contributed by atoms with Gasteiger partial charge in [-0.15, -0.1) is 0 Å². The third-order valence-corrected chi connectivity index (χ3v) is 5.81. The second-order valence-corrected chi connectivity index (χ2v) is 8.06. The van der Waals surface area contributed by atoms with E-state index in [0.29, 0.717) is 24.2 Å². The van der Waals surface area contributed by atoms with Crippen molar-refractivity contribution in [1.29, 1.82) is 0 Å². The van der Waals surface area contributed by atoms with Crippen molar-refractivity contribution >= 4 is 11.9 Å². The lowest BCUT2D eigenvalue weighted by molar-refractivity contribution is -0.338. The first-order valence-corrected chi connectivity index (χ1v) is 9.11. The minimum absolute atomic E-state index is 0.309. The molecule has 0 radical (unpaired) electrons. The van der Waals surface area contributed by atoms with Gasteiger partial charge in [-0.2, -0.15) is 13.2 Å². The fourth-order valence-electron chi connectivity index (χ4n) is 3.51. The summed E-state index contributed by atoms with van der Waals surface area (Å²) in [5, 5.41) is 0. The first-order chi connectivity index (χ1) is 11.9. The number of amides is 1. The van der Waals surface area contributed by atoms with Crippen molar-refractivity contribution in [1.82, 2.24) is 4.90 Å². The summed E-state index contributed by atoms with van der Waals surface area (Å²) < 4.78 is 51.4. The molecular formula is C18H28F3NO4. The van der Waals surface area contributed by atoms with Crippen LogP contribution in [-0.4, -0.2) is 47.4 Å². The van der Waals surface area contributed by atoms with Crippen molar-refractivity contribution in [3.05, 3.63) is 0 Å². The van der Waals surface area contributed by atoms with Crippen molar-refractivity contribution in [2.24, 2.45) is 5.41 Å². The summed E-state index contributed by atoms with van der Waals surface area (Å²) in [6.45, 7) is 4.71. The molecule has 0 bridgehead atoms. The summed E-state index contributed by atoms with van der Waals surface area (Å²) >= 11 is 0. The van der Waals surface area contributed by atoms with E-state index >= 15 is 0 Å². The molecule has 0 N–H and O–H groups in total. The van der Waals surface area contributed by atoms with Crippen molar-refractivity contribution in [3.63, 3.8) is 0 Å². The molecule has 1 aliphatic heterocycles. The van der Waals surface area contributed by atoms with E-state index in [4.69, 9.17) is 9.47 Å². The van der Waals surface area contributed by atoms with Gasteiger partial charge in [-0.05, 0) is 52.9 Å². The Hall–Kier alpha value is -1.31. The summed E-state index contributed by atoms with van der Waals surface area (Å²) in [4.78, 5) is 25.7. The van der Waals surface area contributed by atoms with Crippen LogP contribution >= 0.6 is 0 Å². The molecule has 5 nitrogen and oxygen atoms in total. The average molecular weight is 379 g/mol. The van der Waals surface area contributed by atoms with Gasteiger partial charge in [0.1, 0.15) is 12.1 Å². The largest absolute Gasteiger partial charge is 0.458 e. The predicted molar refractivity (Wildman–Crippen MR) is 88.1 cm³/mol. The van der Waals surface area contributed by atoms with Gasteiger partial charge in [-0.3, -0.25) is 14.5 Å². The zero-order chi connectivity index (χ0) is 19.8. The maximum Gasteiger partial charge on any atom is 0.436 e. The summed E-state index contributed by atoms with van der Waals surface area (Å²) in [6, 6.07) is 0. The number of ether oxygens (including phenoxy) is 2. The van der Waals surface area contributed by atoms with Crippen molar-refractivity contribution in [2.45, 2.75) is 83.7 Å². The normalized spacial score (nSPS) is 32.4. The Bertz CT molecular complexity index is 559. The van der Waals surface area contributed by atoms with E-state index in [1.807, 2.05) is 0 Å². The number of halogens is 3. The standard InChI is InChI=1S/C18H28F3NO4/c1-5-15(2)12-25-17(4,18(19,20)21)22(14(15)24)11-13(23)26-16(3)9-7-6-8-10-16/h5-12H2,1-4H3. The van der Waals surface area contributed by atoms with Crippen LogP contribution in [0.25, 0.3) is 0 Å². The quantitative estimate of drug-likeness (QED) is 0.697. The Morgan fingerprint density at radius 2 is 1.77 bits per heavy atom. The maximum atomic E-state index is 13.6. The molecule has 0 spiro atoms. The van der Waals surface area contributed by atoms with Crippen LogP contribution in [0, 0.1) is 5.41 Å². The summed E-state index contributed by atoms with van der Waals surface area (Å²) in [5.41, 5.74) is -4.62. The van der Waals surface area contributed by atoms with Gasteiger partial charge in [0.25, 0.3) is 0 Å². The highest BCUT2D eigenvalue weighted by Gasteiger charge is 2.63. The van der Waals surface area contributed by atoms with Crippen LogP contribution in [0.4, 0.5) is 13.2 Å². The highest BCUT2D eigenvalue weighted by Crippen LogP contribution is 2.44. The number of hydrogen-bond donors (Lipinski definition) is 0. The van der Waals surface area contributed by atoms with Gasteiger partial charge in [0, 0.05) is 0 Å². The van der Waals surface area contributed by atoms with Gasteiger partial charge in [0.2, 0.25) is 11.6 Å². The van der Waals surface area contributed by atoms with Crippen molar-refractivity contribution < 1.29 is 32.2 Å². The van der Waals surface area contributed by atoms with E-state index in [-0.39, 0.29) is 6.61 Å². The molecule has 2 aliphatic rings. The molecule has 1 saturated heterocycles. The van der Waals surface area contributed by atoms with Crippen LogP contribution in [-0.2, 0) is 19.1 Å². The fourth-order valence-corrected chi connectivity index (χ4v) is 3.51. The van der Waals surface area contributed by atoms with E-state index < -0.39 is 41.3 Å². The number of rotatable bonds is 4. The van der Waals surface area contributed by atoms with E-state index in [1.54, 1.807) is 20.8 Å². The second-order valence-electron chi connectivity index (χ2n) is 8.06. The molecule has 2 unspecified atom stereocenters. The van der Waals surface area contributed by atoms with Gasteiger partial charge >= 0.3 is 12.1 Å². The average Bonchev–Trinajstić information content (AvgIpc) is 2.54. The van der Waals surface area contributed by atoms with Gasteiger partial charge in [-0.25, -0.2) is 0 Å². The van der Waals surface area contributed by atoms with Crippen LogP contribution in [0.1, 0.15) is 66.2 Å². The van der Waals surface area contributed by atoms with E-state index in [9.17, 15) is 22.8 Å². The molecule has 8 heteroatoms. The number of esters is 1. The molecule has 150 valence electrons. The maximum absolute atomic E-state index is 13.6. The van der Waals surface area contributed by atoms with E-state index in [1.165, 1.54) is 0 Å². The molecule has 1 amide bonds. The zero-order valence-corrected chi connectivity index (χ0v) is 15.9. The fraction of sp³-hybridized carbons (Fsp3) is 0.889. The Labute approximate surface area is 152 Å². The first kappa shape index (κ1) is 21.0. The minimum atomic E-state index is -4.83. The Morgan fingerprint density at radius 1 is 1.19 bits per heavy atom. The van der Waals surface area contributed by atoms with Gasteiger partial charge < -0.3 is 9.47 Å². The van der Waals surface area contributed by atoms with Gasteiger partial charge in [0.05, 0.1) is 12.0 Å². The van der Waals surface area contributed by atoms with E-state index in [2.05, 4.69) is 0 Å². The Kier molecular flexibility index (Phi) is 5.67. The first-order valence-electron chi connectivity index (χ1n) is 9.11. The molecule has 1 heterocycles. The van der Waals surface area contributed by atoms with Crippen molar-refractivity contribution in [2.75, 3.05) is 13.2 Å². The number of carbonyl (C=O) groups excluding carboxylic acids is 2. The Morgan fingerprint density at radius 3 is 2.27 bits per heavy atom. The van der Waals surface area contributed by atoms with Crippen LogP contribution < -0.4 is 0 Å². The topological polar surface area (TPSA) is 55.8 Å². The third kappa shape index (κ3) is 3.85. The van der Waals surface area contributed by atoms with E-state index in [0.717, 1.165) is 26.2 Å². The monoisotopic (exact) mass is 379 g/mol. The second kappa shape index (κ2) is 7.02. The lowest BCUT2D eigenvalue weighted by atomic mass is 9.84. The summed E-state index contributed by atoms with van der Waals surface area (Å²) in [7, 11) is 0. The predicted octanol–water partition coefficient (Wildman–Crippen LogP) is 3.81. The SMILES string of the molecule is CCC1(C)COC(C)(C(F)(F)F)N(CC(=O)OC2(C)CCCCC2)C1=O. The lowest BCUT2D eigenvalue weighted by Gasteiger charge is -2.50. The van der Waals surface area contributed by atoms with Gasteiger partial charge in [-0.1, -0.05) is 13.3 Å². The molecule has 2 fully saturated rings. The molecule has 0 aromatic rings. The number of hydrogen-bond acceptors (Lipinski definition) is 4. The smallest absolute Gasteiger partial charge is 0.436 e. The summed E-state index contributed by atoms with van der Waals surface area (Å²) in [5.74, 6) is -1.57. The van der Waals surface area contributed by atoms with Gasteiger partial charge in [0.15, 0.2) is 0 Å². The van der Waals surface area contributed by atoms with Crippen LogP contribution in [0.5, 0.6) is 0 Å². The van der Waals surface area contributed by atoms with Crippen LogP contribution in [0.15, 0.2) is 0 Å². The number of alkyl halides is 3.